The van der Waals surface area contributed by atoms with E-state index in [4.69, 9.17) is 5.11 Å². The van der Waals surface area contributed by atoms with Crippen molar-refractivity contribution in [3.8, 4) is 0 Å². The van der Waals surface area contributed by atoms with Crippen molar-refractivity contribution in [3.63, 3.8) is 0 Å². The van der Waals surface area contributed by atoms with Gasteiger partial charge in [-0.3, -0.25) is 4.79 Å². The molecule has 0 unspecified atom stereocenters. The zero-order valence-electron chi connectivity index (χ0n) is 10.7. The van der Waals surface area contributed by atoms with E-state index < -0.39 is 0 Å². The monoisotopic (exact) mass is 283 g/mol. The van der Waals surface area contributed by atoms with Crippen LogP contribution in [-0.4, -0.2) is 42.2 Å². The number of benzene rings is 1. The van der Waals surface area contributed by atoms with Crippen LogP contribution in [0.4, 0.5) is 0 Å². The van der Waals surface area contributed by atoms with Crippen molar-refractivity contribution in [2.45, 2.75) is 6.54 Å². The van der Waals surface area contributed by atoms with Gasteiger partial charge in [0.1, 0.15) is 0 Å². The molecule has 1 aromatic rings. The first kappa shape index (κ1) is 15.5. The molecule has 0 spiro atoms. The largest absolute Gasteiger partial charge is 0.465 e. The van der Waals surface area contributed by atoms with Crippen molar-refractivity contribution in [1.82, 2.24) is 5.32 Å². The van der Waals surface area contributed by atoms with Gasteiger partial charge in [-0.15, -0.1) is 11.8 Å². The fourth-order valence-corrected chi connectivity index (χ4v) is 1.92. The first-order chi connectivity index (χ1) is 9.17. The third-order valence-corrected chi connectivity index (χ3v) is 3.27. The van der Waals surface area contributed by atoms with Crippen LogP contribution in [0.25, 0.3) is 0 Å². The first-order valence-corrected chi connectivity index (χ1v) is 6.95. The maximum absolute atomic E-state index is 11.4. The first-order valence-electron chi connectivity index (χ1n) is 5.80. The molecule has 1 rings (SSSR count). The summed E-state index contributed by atoms with van der Waals surface area (Å²) in [6.45, 7) is 0.493. The molecule has 0 fully saturated rings. The van der Waals surface area contributed by atoms with Gasteiger partial charge in [-0.2, -0.15) is 0 Å². The van der Waals surface area contributed by atoms with Crippen LogP contribution in [-0.2, 0) is 16.1 Å². The number of carbonyl (C=O) groups excluding carboxylic acids is 2. The molecule has 0 atom stereocenters. The number of aliphatic hydroxyl groups excluding tert-OH is 1. The predicted octanol–water partition coefficient (Wildman–Crippen LogP) is 0.815. The van der Waals surface area contributed by atoms with E-state index in [0.717, 1.165) is 5.56 Å². The predicted molar refractivity (Wildman–Crippen MR) is 74.0 cm³/mol. The highest BCUT2D eigenvalue weighted by Crippen LogP contribution is 2.06. The van der Waals surface area contributed by atoms with Gasteiger partial charge in [0.25, 0.3) is 0 Å². The lowest BCUT2D eigenvalue weighted by atomic mass is 10.1. The Labute approximate surface area is 116 Å². The van der Waals surface area contributed by atoms with Crippen molar-refractivity contribution in [2.75, 3.05) is 25.2 Å². The lowest BCUT2D eigenvalue weighted by molar-refractivity contribution is -0.118. The van der Waals surface area contributed by atoms with Gasteiger partial charge in [0, 0.05) is 12.3 Å². The van der Waals surface area contributed by atoms with Gasteiger partial charge in [0.05, 0.1) is 25.0 Å². The molecule has 1 amide bonds. The maximum Gasteiger partial charge on any atom is 0.337 e. The Balaban J connectivity index is 2.37. The minimum atomic E-state index is -0.379. The second kappa shape index (κ2) is 8.55. The fraction of sp³-hybridized carbons (Fsp3) is 0.385. The van der Waals surface area contributed by atoms with Crippen LogP contribution >= 0.6 is 11.8 Å². The Kier molecular flexibility index (Phi) is 6.99. The molecule has 0 saturated carbocycles. The van der Waals surface area contributed by atoms with E-state index in [1.165, 1.54) is 18.9 Å². The molecule has 0 aliphatic rings. The normalized spacial score (nSPS) is 10.0. The van der Waals surface area contributed by atoms with E-state index in [0.29, 0.717) is 23.6 Å². The van der Waals surface area contributed by atoms with Gasteiger partial charge >= 0.3 is 5.97 Å². The number of amides is 1. The van der Waals surface area contributed by atoms with Crippen molar-refractivity contribution < 1.29 is 19.4 Å². The molecule has 19 heavy (non-hydrogen) atoms. The van der Waals surface area contributed by atoms with Crippen molar-refractivity contribution >= 4 is 23.6 Å². The number of methoxy groups -OCH3 is 1. The Hall–Kier alpha value is -1.53. The highest BCUT2D eigenvalue weighted by Gasteiger charge is 2.05. The smallest absolute Gasteiger partial charge is 0.337 e. The van der Waals surface area contributed by atoms with Gasteiger partial charge in [0.2, 0.25) is 5.91 Å². The van der Waals surface area contributed by atoms with Crippen LogP contribution in [0.3, 0.4) is 0 Å². The lowest BCUT2D eigenvalue weighted by Crippen LogP contribution is -2.24. The molecule has 0 saturated heterocycles. The van der Waals surface area contributed by atoms with E-state index in [1.54, 1.807) is 24.3 Å². The second-order valence-corrected chi connectivity index (χ2v) is 4.85. The molecule has 2 N–H and O–H groups in total. The molecule has 0 radical (unpaired) electrons. The van der Waals surface area contributed by atoms with Gasteiger partial charge < -0.3 is 15.2 Å². The molecular weight excluding hydrogens is 266 g/mol. The number of hydrogen-bond donors (Lipinski definition) is 2. The number of ether oxygens (including phenoxy) is 1. The summed E-state index contributed by atoms with van der Waals surface area (Å²) in [6, 6.07) is 6.86. The van der Waals surface area contributed by atoms with Crippen LogP contribution in [0.5, 0.6) is 0 Å². The number of esters is 1. The van der Waals surface area contributed by atoms with E-state index in [-0.39, 0.29) is 18.5 Å². The quantitative estimate of drug-likeness (QED) is 0.572. The average molecular weight is 283 g/mol. The fourth-order valence-electron chi connectivity index (χ4n) is 1.36. The van der Waals surface area contributed by atoms with Crippen LogP contribution < -0.4 is 5.32 Å². The summed E-state index contributed by atoms with van der Waals surface area (Å²) in [6.07, 6.45) is 0. The molecule has 0 aliphatic heterocycles. The number of hydrogen-bond acceptors (Lipinski definition) is 5. The summed E-state index contributed by atoms with van der Waals surface area (Å²) >= 11 is 1.38. The Morgan fingerprint density at radius 2 is 2.00 bits per heavy atom. The molecule has 0 heterocycles. The minimum absolute atomic E-state index is 0.0736. The number of thioether (sulfide) groups is 1. The zero-order valence-corrected chi connectivity index (χ0v) is 11.5. The molecular formula is C13H17NO4S. The van der Waals surface area contributed by atoms with Crippen LogP contribution in [0, 0.1) is 0 Å². The topological polar surface area (TPSA) is 75.6 Å². The maximum atomic E-state index is 11.4. The van der Waals surface area contributed by atoms with Crippen molar-refractivity contribution in [3.05, 3.63) is 35.4 Å². The van der Waals surface area contributed by atoms with Crippen LogP contribution in [0.15, 0.2) is 24.3 Å². The summed E-state index contributed by atoms with van der Waals surface area (Å²) in [7, 11) is 1.33. The zero-order chi connectivity index (χ0) is 14.1. The van der Waals surface area contributed by atoms with E-state index in [2.05, 4.69) is 10.1 Å². The summed E-state index contributed by atoms with van der Waals surface area (Å²) in [5, 5.41) is 11.4. The molecule has 5 nitrogen and oxygen atoms in total. The number of nitrogens with one attached hydrogen (secondary N) is 1. The van der Waals surface area contributed by atoms with Crippen LogP contribution in [0.2, 0.25) is 0 Å². The van der Waals surface area contributed by atoms with Gasteiger partial charge in [-0.1, -0.05) is 12.1 Å². The minimum Gasteiger partial charge on any atom is -0.465 e. The summed E-state index contributed by atoms with van der Waals surface area (Å²) < 4.78 is 4.60. The standard InChI is InChI=1S/C13H17NO4S/c1-18-13(17)11-4-2-10(3-5-11)8-14-12(16)9-19-7-6-15/h2-5,15H,6-9H2,1H3,(H,14,16). The van der Waals surface area contributed by atoms with E-state index in [1.807, 2.05) is 0 Å². The third kappa shape index (κ3) is 5.76. The average Bonchev–Trinajstić information content (AvgIpc) is 2.45. The van der Waals surface area contributed by atoms with Crippen molar-refractivity contribution in [1.29, 1.82) is 0 Å². The number of aliphatic hydroxyl groups is 1. The Morgan fingerprint density at radius 3 is 2.58 bits per heavy atom. The van der Waals surface area contributed by atoms with Gasteiger partial charge in [0.15, 0.2) is 0 Å². The summed E-state index contributed by atoms with van der Waals surface area (Å²) in [5.74, 6) is 0.439. The number of rotatable bonds is 7. The molecule has 0 aromatic heterocycles. The Bertz CT molecular complexity index is 419. The SMILES string of the molecule is COC(=O)c1ccc(CNC(=O)CSCCO)cc1. The molecule has 104 valence electrons. The van der Waals surface area contributed by atoms with E-state index >= 15 is 0 Å². The van der Waals surface area contributed by atoms with Gasteiger partial charge in [-0.05, 0) is 17.7 Å². The Morgan fingerprint density at radius 1 is 1.32 bits per heavy atom. The summed E-state index contributed by atoms with van der Waals surface area (Å²) in [4.78, 5) is 22.6. The summed E-state index contributed by atoms with van der Waals surface area (Å²) in [5.41, 5.74) is 1.39. The molecule has 0 aliphatic carbocycles. The van der Waals surface area contributed by atoms with Crippen molar-refractivity contribution in [2.24, 2.45) is 0 Å². The highest BCUT2D eigenvalue weighted by atomic mass is 32.2. The van der Waals surface area contributed by atoms with Crippen LogP contribution in [0.1, 0.15) is 15.9 Å². The second-order valence-electron chi connectivity index (χ2n) is 3.74. The highest BCUT2D eigenvalue weighted by molar-refractivity contribution is 7.99. The van der Waals surface area contributed by atoms with Gasteiger partial charge in [-0.25, -0.2) is 4.79 Å². The molecule has 6 heteroatoms. The lowest BCUT2D eigenvalue weighted by Gasteiger charge is -2.06. The third-order valence-electron chi connectivity index (χ3n) is 2.33. The molecule has 1 aromatic carbocycles. The van der Waals surface area contributed by atoms with E-state index in [9.17, 15) is 9.59 Å². The number of carbonyl (C=O) groups is 2. The molecule has 0 bridgehead atoms.